The van der Waals surface area contributed by atoms with Gasteiger partial charge in [-0.3, -0.25) is 4.79 Å². The maximum atomic E-state index is 9.24. The van der Waals surface area contributed by atoms with Crippen molar-refractivity contribution in [3.63, 3.8) is 0 Å². The summed E-state index contributed by atoms with van der Waals surface area (Å²) in [5.74, 6) is -0.968. The van der Waals surface area contributed by atoms with Crippen molar-refractivity contribution in [2.24, 2.45) is 5.73 Å². The first kappa shape index (κ1) is 17.5. The van der Waals surface area contributed by atoms with Crippen LogP contribution in [0.15, 0.2) is 0 Å². The fourth-order valence-electron chi connectivity index (χ4n) is 0. The third-order valence-corrected chi connectivity index (χ3v) is 0.646. The van der Waals surface area contributed by atoms with Crippen molar-refractivity contribution in [3.8, 4) is 0 Å². The minimum absolute atomic E-state index is 0. The number of carboxylic acids is 1. The van der Waals surface area contributed by atoms with E-state index in [0.29, 0.717) is 0 Å². The van der Waals surface area contributed by atoms with Gasteiger partial charge in [-0.2, -0.15) is 0 Å². The van der Waals surface area contributed by atoms with Crippen molar-refractivity contribution >= 4 is 5.97 Å². The van der Waals surface area contributed by atoms with E-state index >= 15 is 0 Å². The van der Waals surface area contributed by atoms with E-state index in [1.165, 1.54) is 0 Å². The second-order valence-corrected chi connectivity index (χ2v) is 1.66. The van der Waals surface area contributed by atoms with Crippen molar-refractivity contribution in [1.29, 1.82) is 0 Å². The minimum Gasteiger partial charge on any atom is -0.480 e. The molecule has 0 aromatic rings. The molecule has 4 nitrogen and oxygen atoms in total. The number of carbonyl (C=O) groups is 1. The predicted octanol–water partition coefficient (Wildman–Crippen LogP) is -3.37. The quantitative estimate of drug-likeness (QED) is 0.299. The van der Waals surface area contributed by atoms with Crippen LogP contribution in [0.2, 0.25) is 0 Å². The van der Waals surface area contributed by atoms with Crippen LogP contribution in [0.5, 0.6) is 0 Å². The largest absolute Gasteiger partial charge is 1.00 e. The normalized spacial score (nSPS) is 10.2. The maximum absolute atomic E-state index is 9.24. The van der Waals surface area contributed by atoms with Crippen molar-refractivity contribution in [3.05, 3.63) is 6.92 Å². The van der Waals surface area contributed by atoms with E-state index < -0.39 is 5.97 Å². The number of carboxylic acid groups (broad SMARTS) is 1. The van der Waals surface area contributed by atoms with Gasteiger partial charge in [-0.15, -0.1) is 0 Å². The van der Waals surface area contributed by atoms with E-state index in [4.69, 9.17) is 10.2 Å². The topological polar surface area (TPSA) is 83.6 Å². The van der Waals surface area contributed by atoms with Crippen LogP contribution in [-0.4, -0.2) is 28.8 Å². The van der Waals surface area contributed by atoms with Crippen LogP contribution in [0.1, 0.15) is 13.3 Å². The summed E-state index contributed by atoms with van der Waals surface area (Å²) in [6.45, 7) is 4.92. The molecule has 0 saturated heterocycles. The molecule has 1 unspecified atom stereocenters. The molecule has 4 N–H and O–H groups in total. The Labute approximate surface area is 89.1 Å². The molecular formula is C6H14NNaO3. The molecule has 0 aliphatic heterocycles. The van der Waals surface area contributed by atoms with Crippen LogP contribution in [0.25, 0.3) is 0 Å². The molecular weight excluding hydrogens is 157 g/mol. The van der Waals surface area contributed by atoms with Gasteiger partial charge in [0.1, 0.15) is 0 Å². The number of hydrogen-bond acceptors (Lipinski definition) is 3. The SMILES string of the molecule is NCC(=O)O.[CH2-]C(O)CC.[Na+]. The van der Waals surface area contributed by atoms with Crippen LogP contribution in [0, 0.1) is 6.92 Å². The van der Waals surface area contributed by atoms with E-state index in [0.717, 1.165) is 6.42 Å². The molecule has 0 heterocycles. The average Bonchev–Trinajstić information content (AvgIpc) is 1.89. The summed E-state index contributed by atoms with van der Waals surface area (Å²) in [7, 11) is 0. The monoisotopic (exact) mass is 171 g/mol. The molecule has 0 bridgehead atoms. The van der Waals surface area contributed by atoms with Gasteiger partial charge in [-0.05, 0) is 0 Å². The summed E-state index contributed by atoms with van der Waals surface area (Å²) in [6, 6.07) is 0. The first-order valence-corrected chi connectivity index (χ1v) is 2.97. The van der Waals surface area contributed by atoms with Crippen molar-refractivity contribution in [2.75, 3.05) is 6.54 Å². The third-order valence-electron chi connectivity index (χ3n) is 0.646. The van der Waals surface area contributed by atoms with Gasteiger partial charge in [-0.25, -0.2) is 0 Å². The summed E-state index contributed by atoms with van der Waals surface area (Å²) in [5.41, 5.74) is 4.57. The zero-order valence-electron chi connectivity index (χ0n) is 7.08. The Kier molecular flexibility index (Phi) is 20.7. The van der Waals surface area contributed by atoms with Gasteiger partial charge in [0.15, 0.2) is 0 Å². The van der Waals surface area contributed by atoms with Gasteiger partial charge < -0.3 is 22.9 Å². The van der Waals surface area contributed by atoms with Crippen LogP contribution in [-0.2, 0) is 4.79 Å². The van der Waals surface area contributed by atoms with E-state index in [2.05, 4.69) is 12.7 Å². The molecule has 0 spiro atoms. The van der Waals surface area contributed by atoms with Crippen molar-refractivity contribution in [1.82, 2.24) is 0 Å². The maximum Gasteiger partial charge on any atom is 1.00 e. The molecule has 62 valence electrons. The Balaban J connectivity index is -0.000000107. The first-order valence-electron chi connectivity index (χ1n) is 2.97. The van der Waals surface area contributed by atoms with Gasteiger partial charge in [-0.1, -0.05) is 19.4 Å². The number of hydrogen-bond donors (Lipinski definition) is 3. The molecule has 0 rings (SSSR count). The fourth-order valence-corrected chi connectivity index (χ4v) is 0. The van der Waals surface area contributed by atoms with Crippen LogP contribution in [0.3, 0.4) is 0 Å². The number of aliphatic carboxylic acids is 1. The van der Waals surface area contributed by atoms with Gasteiger partial charge in [0.2, 0.25) is 0 Å². The molecule has 0 amide bonds. The predicted molar refractivity (Wildman–Crippen MR) is 38.3 cm³/mol. The van der Waals surface area contributed by atoms with Crippen molar-refractivity contribution < 1.29 is 44.6 Å². The van der Waals surface area contributed by atoms with Gasteiger partial charge >= 0.3 is 35.5 Å². The Morgan fingerprint density at radius 1 is 1.73 bits per heavy atom. The number of rotatable bonds is 2. The fraction of sp³-hybridized carbons (Fsp3) is 0.667. The van der Waals surface area contributed by atoms with Gasteiger partial charge in [0.05, 0.1) is 6.54 Å². The molecule has 0 aliphatic carbocycles. The summed E-state index contributed by atoms with van der Waals surface area (Å²) in [4.78, 5) is 9.24. The Bertz CT molecular complexity index is 87.9. The van der Waals surface area contributed by atoms with E-state index in [1.807, 2.05) is 6.92 Å². The van der Waals surface area contributed by atoms with Crippen LogP contribution in [0.4, 0.5) is 0 Å². The van der Waals surface area contributed by atoms with E-state index in [-0.39, 0.29) is 42.2 Å². The molecule has 0 fully saturated rings. The van der Waals surface area contributed by atoms with Crippen LogP contribution >= 0.6 is 0 Å². The Hall–Kier alpha value is 0.390. The second kappa shape index (κ2) is 13.0. The molecule has 0 saturated carbocycles. The summed E-state index contributed by atoms with van der Waals surface area (Å²) < 4.78 is 0. The Morgan fingerprint density at radius 3 is 1.91 bits per heavy atom. The van der Waals surface area contributed by atoms with Crippen LogP contribution < -0.4 is 35.3 Å². The molecule has 0 aromatic carbocycles. The zero-order chi connectivity index (χ0) is 8.57. The molecule has 0 radical (unpaired) electrons. The third kappa shape index (κ3) is 37.9. The smallest absolute Gasteiger partial charge is 0.480 e. The summed E-state index contributed by atoms with van der Waals surface area (Å²) >= 11 is 0. The molecule has 0 aliphatic rings. The molecule has 11 heavy (non-hydrogen) atoms. The van der Waals surface area contributed by atoms with E-state index in [1.54, 1.807) is 0 Å². The average molecular weight is 171 g/mol. The first-order chi connectivity index (χ1) is 4.54. The minimum atomic E-state index is -0.968. The number of aliphatic hydroxyl groups is 1. The van der Waals surface area contributed by atoms with E-state index in [9.17, 15) is 4.79 Å². The molecule has 5 heteroatoms. The summed E-state index contributed by atoms with van der Waals surface area (Å²) in [6.07, 6.45) is 0.384. The second-order valence-electron chi connectivity index (χ2n) is 1.66. The number of aliphatic hydroxyl groups excluding tert-OH is 1. The molecule has 1 atom stereocenters. The Morgan fingerprint density at radius 2 is 1.91 bits per heavy atom. The van der Waals surface area contributed by atoms with Gasteiger partial charge in [0.25, 0.3) is 0 Å². The zero-order valence-corrected chi connectivity index (χ0v) is 9.08. The van der Waals surface area contributed by atoms with Crippen molar-refractivity contribution in [2.45, 2.75) is 19.4 Å². The summed E-state index contributed by atoms with van der Waals surface area (Å²) in [5, 5.41) is 15.8. The molecule has 0 aromatic heterocycles. The number of nitrogens with two attached hydrogens (primary N) is 1. The van der Waals surface area contributed by atoms with Gasteiger partial charge in [0, 0.05) is 0 Å². The standard InChI is InChI=1S/C4H9O.C2H5NO2.Na/c1-3-4(2)5;3-1-2(4)5;/h4-5H,2-3H2,1H3;1,3H2,(H,4,5);/q-1;;+1.